The second-order valence-electron chi connectivity index (χ2n) is 6.82. The zero-order valence-electron chi connectivity index (χ0n) is 16.7. The van der Waals surface area contributed by atoms with Gasteiger partial charge in [-0.25, -0.2) is 4.98 Å². The normalized spacial score (nSPS) is 10.4. The van der Waals surface area contributed by atoms with Crippen molar-refractivity contribution in [1.82, 2.24) is 10.3 Å². The van der Waals surface area contributed by atoms with Crippen molar-refractivity contribution in [3.63, 3.8) is 0 Å². The monoisotopic (exact) mass is 421 g/mol. The minimum absolute atomic E-state index is 0.402. The van der Waals surface area contributed by atoms with E-state index in [2.05, 4.69) is 48.0 Å². The molecular weight excluding hydrogens is 398 g/mol. The van der Waals surface area contributed by atoms with Crippen molar-refractivity contribution in [2.75, 3.05) is 18.0 Å². The third-order valence-electron chi connectivity index (χ3n) is 4.45. The third kappa shape index (κ3) is 5.55. The molecule has 2 N–H and O–H groups in total. The fourth-order valence-corrected chi connectivity index (χ4v) is 3.72. The number of carboxylic acid groups (broad SMARTS) is 1. The standard InChI is InChI=1S/C23H23N3O3S/c1-3-12-26(23-25-20(15-30-23)18-8-4-16(2)5-9-18)14-17-6-10-19(11-7-17)22(29)24-13-21(27)28/h3-11,15H,1,12-14H2,2H3,(H,24,29)(H,27,28). The number of nitrogens with one attached hydrogen (secondary N) is 1. The lowest BCUT2D eigenvalue weighted by Crippen LogP contribution is -2.29. The van der Waals surface area contributed by atoms with Crippen LogP contribution in [0, 0.1) is 6.92 Å². The molecule has 0 saturated heterocycles. The second-order valence-corrected chi connectivity index (χ2v) is 7.66. The number of nitrogens with zero attached hydrogens (tertiary/aromatic N) is 2. The number of rotatable bonds is 9. The van der Waals surface area contributed by atoms with Crippen LogP contribution in [0.5, 0.6) is 0 Å². The lowest BCUT2D eigenvalue weighted by Gasteiger charge is -2.20. The zero-order valence-corrected chi connectivity index (χ0v) is 17.5. The van der Waals surface area contributed by atoms with Gasteiger partial charge in [0.25, 0.3) is 5.91 Å². The van der Waals surface area contributed by atoms with Crippen molar-refractivity contribution in [2.45, 2.75) is 13.5 Å². The van der Waals surface area contributed by atoms with Crippen LogP contribution in [0.4, 0.5) is 5.13 Å². The first-order valence-electron chi connectivity index (χ1n) is 9.43. The molecule has 3 aromatic rings. The summed E-state index contributed by atoms with van der Waals surface area (Å²) in [6.45, 7) is 6.76. The Morgan fingerprint density at radius 1 is 1.17 bits per heavy atom. The SMILES string of the molecule is C=CCN(Cc1ccc(C(=O)NCC(=O)O)cc1)c1nc(-c2ccc(C)cc2)cs1. The first-order chi connectivity index (χ1) is 14.5. The maximum atomic E-state index is 12.0. The third-order valence-corrected chi connectivity index (χ3v) is 5.35. The summed E-state index contributed by atoms with van der Waals surface area (Å²) in [6.07, 6.45) is 1.83. The summed E-state index contributed by atoms with van der Waals surface area (Å²) in [4.78, 5) is 29.4. The average molecular weight is 422 g/mol. The maximum absolute atomic E-state index is 12.0. The minimum Gasteiger partial charge on any atom is -0.480 e. The van der Waals surface area contributed by atoms with E-state index in [0.29, 0.717) is 18.7 Å². The van der Waals surface area contributed by atoms with Crippen LogP contribution < -0.4 is 10.2 Å². The Morgan fingerprint density at radius 3 is 2.50 bits per heavy atom. The van der Waals surface area contributed by atoms with Gasteiger partial charge in [0.2, 0.25) is 0 Å². The van der Waals surface area contributed by atoms with Gasteiger partial charge in [-0.1, -0.05) is 48.0 Å². The predicted molar refractivity (Wildman–Crippen MR) is 120 cm³/mol. The number of carboxylic acids is 1. The Bertz CT molecular complexity index is 1030. The molecule has 0 radical (unpaired) electrons. The Balaban J connectivity index is 1.71. The van der Waals surface area contributed by atoms with Gasteiger partial charge < -0.3 is 15.3 Å². The van der Waals surface area contributed by atoms with E-state index < -0.39 is 18.4 Å². The summed E-state index contributed by atoms with van der Waals surface area (Å²) >= 11 is 1.58. The van der Waals surface area contributed by atoms with Gasteiger partial charge >= 0.3 is 5.97 Å². The molecule has 2 aromatic carbocycles. The van der Waals surface area contributed by atoms with Crippen LogP contribution in [-0.2, 0) is 11.3 Å². The van der Waals surface area contributed by atoms with Gasteiger partial charge in [0, 0.05) is 29.6 Å². The molecule has 30 heavy (non-hydrogen) atoms. The van der Waals surface area contributed by atoms with Gasteiger partial charge in [-0.05, 0) is 24.6 Å². The number of thiazole rings is 1. The molecule has 3 rings (SSSR count). The Hall–Kier alpha value is -3.45. The molecule has 0 aliphatic carbocycles. The van der Waals surface area contributed by atoms with E-state index in [9.17, 15) is 9.59 Å². The molecule has 0 unspecified atom stereocenters. The molecule has 0 aliphatic rings. The number of benzene rings is 2. The lowest BCUT2D eigenvalue weighted by atomic mass is 10.1. The summed E-state index contributed by atoms with van der Waals surface area (Å²) < 4.78 is 0. The van der Waals surface area contributed by atoms with E-state index in [0.717, 1.165) is 22.0 Å². The lowest BCUT2D eigenvalue weighted by molar-refractivity contribution is -0.135. The number of aryl methyl sites for hydroxylation is 1. The summed E-state index contributed by atoms with van der Waals surface area (Å²) in [5.41, 5.74) is 4.67. The Kier molecular flexibility index (Phi) is 6.98. The van der Waals surface area contributed by atoms with Crippen molar-refractivity contribution in [3.05, 3.63) is 83.3 Å². The number of hydrogen-bond acceptors (Lipinski definition) is 5. The number of hydrogen-bond donors (Lipinski definition) is 2. The fraction of sp³-hybridized carbons (Fsp3) is 0.174. The number of amides is 1. The molecule has 0 atom stereocenters. The van der Waals surface area contributed by atoms with Crippen molar-refractivity contribution in [2.24, 2.45) is 0 Å². The van der Waals surface area contributed by atoms with Gasteiger partial charge in [0.15, 0.2) is 5.13 Å². The maximum Gasteiger partial charge on any atom is 0.322 e. The highest BCUT2D eigenvalue weighted by Gasteiger charge is 2.13. The number of anilines is 1. The largest absolute Gasteiger partial charge is 0.480 e. The van der Waals surface area contributed by atoms with Gasteiger partial charge in [-0.2, -0.15) is 0 Å². The van der Waals surface area contributed by atoms with E-state index in [-0.39, 0.29) is 0 Å². The van der Waals surface area contributed by atoms with E-state index in [1.54, 1.807) is 23.5 Å². The van der Waals surface area contributed by atoms with Crippen molar-refractivity contribution < 1.29 is 14.7 Å². The smallest absolute Gasteiger partial charge is 0.322 e. The van der Waals surface area contributed by atoms with Crippen molar-refractivity contribution in [1.29, 1.82) is 0 Å². The van der Waals surface area contributed by atoms with Gasteiger partial charge in [-0.3, -0.25) is 9.59 Å². The van der Waals surface area contributed by atoms with E-state index in [1.807, 2.05) is 23.6 Å². The highest BCUT2D eigenvalue weighted by Crippen LogP contribution is 2.28. The van der Waals surface area contributed by atoms with Crippen LogP contribution in [-0.4, -0.2) is 35.1 Å². The molecule has 0 saturated carbocycles. The van der Waals surface area contributed by atoms with E-state index in [1.165, 1.54) is 5.56 Å². The number of aromatic nitrogens is 1. The summed E-state index contributed by atoms with van der Waals surface area (Å²) in [5, 5.41) is 14.0. The molecule has 6 nitrogen and oxygen atoms in total. The van der Waals surface area contributed by atoms with Crippen molar-refractivity contribution in [3.8, 4) is 11.3 Å². The van der Waals surface area contributed by atoms with Crippen LogP contribution >= 0.6 is 11.3 Å². The van der Waals surface area contributed by atoms with Gasteiger partial charge in [0.1, 0.15) is 6.54 Å². The molecule has 154 valence electrons. The van der Waals surface area contributed by atoms with E-state index in [4.69, 9.17) is 10.1 Å². The fourth-order valence-electron chi connectivity index (χ4n) is 2.87. The van der Waals surface area contributed by atoms with Crippen molar-refractivity contribution >= 4 is 28.3 Å². The number of carbonyl (C=O) groups is 2. The van der Waals surface area contributed by atoms with E-state index >= 15 is 0 Å². The van der Waals surface area contributed by atoms with Gasteiger partial charge in [0.05, 0.1) is 5.69 Å². The summed E-state index contributed by atoms with van der Waals surface area (Å²) in [6, 6.07) is 15.4. The minimum atomic E-state index is -1.08. The number of aliphatic carboxylic acids is 1. The summed E-state index contributed by atoms with van der Waals surface area (Å²) in [5.74, 6) is -1.48. The Morgan fingerprint density at radius 2 is 1.87 bits per heavy atom. The first-order valence-corrected chi connectivity index (χ1v) is 10.3. The average Bonchev–Trinajstić information content (AvgIpc) is 3.23. The molecule has 0 spiro atoms. The first kappa shape index (κ1) is 21.3. The zero-order chi connectivity index (χ0) is 21.5. The quantitative estimate of drug-likeness (QED) is 0.508. The Labute approximate surface area is 179 Å². The van der Waals surface area contributed by atoms with Crippen LogP contribution in [0.25, 0.3) is 11.3 Å². The van der Waals surface area contributed by atoms with Crippen LogP contribution in [0.2, 0.25) is 0 Å². The summed E-state index contributed by atoms with van der Waals surface area (Å²) in [7, 11) is 0. The second kappa shape index (κ2) is 9.84. The highest BCUT2D eigenvalue weighted by atomic mass is 32.1. The highest BCUT2D eigenvalue weighted by molar-refractivity contribution is 7.14. The predicted octanol–water partition coefficient (Wildman–Crippen LogP) is 4.13. The van der Waals surface area contributed by atoms with Crippen LogP contribution in [0.15, 0.2) is 66.6 Å². The molecule has 7 heteroatoms. The molecule has 1 aromatic heterocycles. The van der Waals surface area contributed by atoms with Gasteiger partial charge in [-0.15, -0.1) is 17.9 Å². The van der Waals surface area contributed by atoms with Crippen LogP contribution in [0.1, 0.15) is 21.5 Å². The molecule has 1 amide bonds. The molecule has 1 heterocycles. The topological polar surface area (TPSA) is 82.5 Å². The molecule has 0 fully saturated rings. The molecule has 0 bridgehead atoms. The van der Waals surface area contributed by atoms with Crippen LogP contribution in [0.3, 0.4) is 0 Å². The number of carbonyl (C=O) groups excluding carboxylic acids is 1. The molecule has 0 aliphatic heterocycles. The molecular formula is C23H23N3O3S.